The normalized spacial score (nSPS) is 11.6. The van der Waals surface area contributed by atoms with Gasteiger partial charge in [-0.25, -0.2) is 0 Å². The summed E-state index contributed by atoms with van der Waals surface area (Å²) in [6, 6.07) is 34.2. The molecule has 0 N–H and O–H groups in total. The number of hydrogen-bond donors (Lipinski definition) is 0. The number of benzene rings is 3. The summed E-state index contributed by atoms with van der Waals surface area (Å²) >= 11 is 1.46. The zero-order valence-corrected chi connectivity index (χ0v) is 20.4. The van der Waals surface area contributed by atoms with E-state index in [2.05, 4.69) is 115 Å². The van der Waals surface area contributed by atoms with Gasteiger partial charge in [0.1, 0.15) is 0 Å². The minimum atomic E-state index is 0. The van der Waals surface area contributed by atoms with Crippen LogP contribution in [0.2, 0.25) is 0 Å². The fraction of sp³-hybridized carbons (Fsp3) is 0.0370. The van der Waals surface area contributed by atoms with E-state index in [9.17, 15) is 0 Å². The van der Waals surface area contributed by atoms with E-state index in [1.807, 2.05) is 0 Å². The van der Waals surface area contributed by atoms with E-state index >= 15 is 0 Å². The molecule has 0 fully saturated rings. The van der Waals surface area contributed by atoms with Crippen molar-refractivity contribution in [2.45, 2.75) is 6.42 Å². The van der Waals surface area contributed by atoms with Crippen LogP contribution in [0.15, 0.2) is 115 Å². The molecule has 0 radical (unpaired) electrons. The Hall–Kier alpha value is -1.92. The van der Waals surface area contributed by atoms with Crippen LogP contribution in [0, 0.1) is 0 Å². The molecule has 0 amide bonds. The molecule has 1 aliphatic carbocycles. The van der Waals surface area contributed by atoms with Crippen molar-refractivity contribution < 1.29 is 49.0 Å². The minimum absolute atomic E-state index is 0. The zero-order chi connectivity index (χ0) is 19.2. The fourth-order valence-electron chi connectivity index (χ4n) is 3.37. The standard InChI is InChI=1S/C14H11.C13H10.2ClH.Zr/c1-2-6-11(5-1)14-9-12-7-3-4-8-13(12)10-14;1-3-7-12(8-4-1)11-13-9-5-2-6-10-13;;;/h1-5,7-10H,6H2;1-10H;2*1H;/q-1;;;;+2/p-2. The maximum atomic E-state index is 2.27. The first-order valence-corrected chi connectivity index (χ1v) is 10.7. The molecule has 0 saturated carbocycles. The van der Waals surface area contributed by atoms with Gasteiger partial charge in [0.05, 0.1) is 0 Å². The third-order valence-electron chi connectivity index (χ3n) is 4.88. The molecule has 30 heavy (non-hydrogen) atoms. The summed E-state index contributed by atoms with van der Waals surface area (Å²) in [5, 5.41) is 2.69. The van der Waals surface area contributed by atoms with Crippen molar-refractivity contribution in [3.05, 3.63) is 132 Å². The predicted molar refractivity (Wildman–Crippen MR) is 117 cm³/mol. The molecular formula is C27H21Cl2Zr-. The van der Waals surface area contributed by atoms with Gasteiger partial charge in [-0.05, 0) is 6.42 Å². The van der Waals surface area contributed by atoms with Crippen molar-refractivity contribution in [2.75, 3.05) is 0 Å². The van der Waals surface area contributed by atoms with E-state index in [0.717, 1.165) is 6.42 Å². The molecule has 0 saturated heterocycles. The molecule has 4 aromatic rings. The molecule has 148 valence electrons. The Morgan fingerprint density at radius 1 is 0.733 bits per heavy atom. The van der Waals surface area contributed by atoms with Gasteiger partial charge < -0.3 is 24.8 Å². The summed E-state index contributed by atoms with van der Waals surface area (Å²) in [5.74, 6) is 0. The van der Waals surface area contributed by atoms with Gasteiger partial charge in [0.2, 0.25) is 0 Å². The van der Waals surface area contributed by atoms with Crippen LogP contribution >= 0.6 is 0 Å². The Bertz CT molecular complexity index is 1060. The van der Waals surface area contributed by atoms with Crippen molar-refractivity contribution in [3.8, 4) is 0 Å². The van der Waals surface area contributed by atoms with Crippen molar-refractivity contribution in [3.63, 3.8) is 0 Å². The average Bonchev–Trinajstić information content (AvgIpc) is 3.44. The van der Waals surface area contributed by atoms with E-state index in [-0.39, 0.29) is 24.8 Å². The Morgan fingerprint density at radius 3 is 1.83 bits per heavy atom. The van der Waals surface area contributed by atoms with Gasteiger partial charge in [0, 0.05) is 0 Å². The van der Waals surface area contributed by atoms with Gasteiger partial charge in [-0.3, -0.25) is 0 Å². The molecular weight excluding hydrogens is 486 g/mol. The predicted octanol–water partition coefficient (Wildman–Crippen LogP) is 0.712. The van der Waals surface area contributed by atoms with Crippen LogP contribution in [0.1, 0.15) is 23.1 Å². The maximum absolute atomic E-state index is 2.27. The van der Waals surface area contributed by atoms with Gasteiger partial charge in [-0.1, -0.05) is 36.4 Å². The first-order valence-electron chi connectivity index (χ1n) is 9.52. The van der Waals surface area contributed by atoms with Gasteiger partial charge in [-0.15, -0.1) is 40.1 Å². The molecule has 0 unspecified atom stereocenters. The van der Waals surface area contributed by atoms with Gasteiger partial charge in [0.25, 0.3) is 0 Å². The molecule has 0 bridgehead atoms. The summed E-state index contributed by atoms with van der Waals surface area (Å²) in [5.41, 5.74) is 5.46. The molecule has 0 nitrogen and oxygen atoms in total. The summed E-state index contributed by atoms with van der Waals surface area (Å²) in [4.78, 5) is 0. The van der Waals surface area contributed by atoms with Crippen LogP contribution in [0.25, 0.3) is 16.3 Å². The average molecular weight is 508 g/mol. The van der Waals surface area contributed by atoms with E-state index in [4.69, 9.17) is 0 Å². The van der Waals surface area contributed by atoms with Crippen LogP contribution < -0.4 is 24.8 Å². The van der Waals surface area contributed by atoms with E-state index in [1.54, 1.807) is 0 Å². The second kappa shape index (κ2) is 12.1. The van der Waals surface area contributed by atoms with Crippen LogP contribution in [0.4, 0.5) is 0 Å². The number of fused-ring (bicyclic) bond motifs is 1. The van der Waals surface area contributed by atoms with Crippen molar-refractivity contribution in [1.29, 1.82) is 0 Å². The molecule has 4 aromatic carbocycles. The second-order valence-electron chi connectivity index (χ2n) is 6.80. The third-order valence-corrected chi connectivity index (χ3v) is 6.30. The fourth-order valence-corrected chi connectivity index (χ4v) is 4.19. The van der Waals surface area contributed by atoms with Crippen molar-refractivity contribution in [2.24, 2.45) is 0 Å². The molecule has 0 aromatic heterocycles. The van der Waals surface area contributed by atoms with E-state index in [0.29, 0.717) is 0 Å². The second-order valence-corrected chi connectivity index (χ2v) is 8.03. The Kier molecular flexibility index (Phi) is 9.79. The number of hydrogen-bond acceptors (Lipinski definition) is 0. The van der Waals surface area contributed by atoms with Crippen molar-refractivity contribution in [1.82, 2.24) is 0 Å². The molecule has 0 aliphatic heterocycles. The van der Waals surface area contributed by atoms with Gasteiger partial charge >= 0.3 is 99.2 Å². The molecule has 3 heteroatoms. The Balaban J connectivity index is 0.000000200. The van der Waals surface area contributed by atoms with Crippen LogP contribution in [-0.4, -0.2) is 3.21 Å². The van der Waals surface area contributed by atoms with Crippen LogP contribution in [0.3, 0.4) is 0 Å². The van der Waals surface area contributed by atoms with Gasteiger partial charge in [0.15, 0.2) is 0 Å². The molecule has 1 aliphatic rings. The molecule has 0 atom stereocenters. The SMILES string of the molecule is C1=CCC(c2cc3ccccc3[cH-]2)=C1.[Cl-].[Cl-].[Zr+2]=[C](c1ccccc1)c1ccccc1. The molecule has 5 rings (SSSR count). The molecule has 0 spiro atoms. The van der Waals surface area contributed by atoms with Gasteiger partial charge in [-0.2, -0.15) is 0 Å². The zero-order valence-electron chi connectivity index (χ0n) is 16.4. The summed E-state index contributed by atoms with van der Waals surface area (Å²) in [6.45, 7) is 0. The van der Waals surface area contributed by atoms with Crippen molar-refractivity contribution >= 4 is 19.6 Å². The topological polar surface area (TPSA) is 0 Å². The summed E-state index contributed by atoms with van der Waals surface area (Å²) < 4.78 is 1.42. The Morgan fingerprint density at radius 2 is 1.30 bits per heavy atom. The Labute approximate surface area is 205 Å². The van der Waals surface area contributed by atoms with E-state index in [1.165, 1.54) is 60.5 Å². The van der Waals surface area contributed by atoms with E-state index < -0.39 is 0 Å². The molecule has 0 heterocycles. The third kappa shape index (κ3) is 6.05. The van der Waals surface area contributed by atoms with Crippen LogP contribution in [0.5, 0.6) is 0 Å². The number of rotatable bonds is 3. The quantitative estimate of drug-likeness (QED) is 0.359. The summed E-state index contributed by atoms with van der Waals surface area (Å²) in [7, 11) is 0. The number of halogens is 2. The first kappa shape index (κ1) is 24.4. The first-order chi connectivity index (χ1) is 13.8. The number of allylic oxidation sites excluding steroid dienone is 4. The summed E-state index contributed by atoms with van der Waals surface area (Å²) in [6.07, 6.45) is 7.62. The van der Waals surface area contributed by atoms with Crippen LogP contribution in [-0.2, 0) is 24.2 Å². The monoisotopic (exact) mass is 505 g/mol.